The fourth-order valence-electron chi connectivity index (χ4n) is 2.08. The van der Waals surface area contributed by atoms with Crippen LogP contribution in [-0.2, 0) is 0 Å². The zero-order valence-electron chi connectivity index (χ0n) is 12.1. The van der Waals surface area contributed by atoms with Crippen molar-refractivity contribution in [3.8, 4) is 0 Å². The SMILES string of the molecule is C(=Cc1ccccc1N=Cc1ccccc1)c1ccccn1. The van der Waals surface area contributed by atoms with E-state index in [1.807, 2.05) is 85.1 Å². The summed E-state index contributed by atoms with van der Waals surface area (Å²) < 4.78 is 0. The molecule has 0 fully saturated rings. The van der Waals surface area contributed by atoms with Crippen LogP contribution in [0.25, 0.3) is 12.2 Å². The molecule has 0 N–H and O–H groups in total. The molecule has 0 saturated heterocycles. The summed E-state index contributed by atoms with van der Waals surface area (Å²) in [4.78, 5) is 8.88. The molecule has 0 amide bonds. The molecular formula is C20H16N2. The third-order valence-corrected chi connectivity index (χ3v) is 3.21. The number of nitrogens with zero attached hydrogens (tertiary/aromatic N) is 2. The lowest BCUT2D eigenvalue weighted by Crippen LogP contribution is -1.81. The van der Waals surface area contributed by atoms with Crippen LogP contribution in [0.1, 0.15) is 16.8 Å². The van der Waals surface area contributed by atoms with Gasteiger partial charge in [-0.2, -0.15) is 0 Å². The lowest BCUT2D eigenvalue weighted by atomic mass is 10.1. The first-order valence-corrected chi connectivity index (χ1v) is 7.19. The van der Waals surface area contributed by atoms with E-state index in [1.54, 1.807) is 6.20 Å². The van der Waals surface area contributed by atoms with E-state index in [-0.39, 0.29) is 0 Å². The van der Waals surface area contributed by atoms with Crippen molar-refractivity contribution in [1.29, 1.82) is 0 Å². The molecule has 0 radical (unpaired) electrons. The van der Waals surface area contributed by atoms with Crippen molar-refractivity contribution in [2.24, 2.45) is 4.99 Å². The normalized spacial score (nSPS) is 11.3. The number of para-hydroxylation sites is 1. The second-order valence-electron chi connectivity index (χ2n) is 4.82. The average molecular weight is 284 g/mol. The van der Waals surface area contributed by atoms with E-state index in [1.165, 1.54) is 0 Å². The number of aromatic nitrogens is 1. The van der Waals surface area contributed by atoms with Gasteiger partial charge in [0.1, 0.15) is 0 Å². The molecule has 2 aromatic carbocycles. The van der Waals surface area contributed by atoms with Gasteiger partial charge in [0.05, 0.1) is 11.4 Å². The Kier molecular flexibility index (Phi) is 4.53. The Morgan fingerprint density at radius 3 is 2.32 bits per heavy atom. The summed E-state index contributed by atoms with van der Waals surface area (Å²) in [5.74, 6) is 0. The first-order valence-electron chi connectivity index (χ1n) is 7.19. The van der Waals surface area contributed by atoms with E-state index >= 15 is 0 Å². The Hall–Kier alpha value is -3.00. The molecule has 2 nitrogen and oxygen atoms in total. The van der Waals surface area contributed by atoms with Crippen molar-refractivity contribution in [2.45, 2.75) is 0 Å². The molecule has 1 heterocycles. The van der Waals surface area contributed by atoms with Crippen molar-refractivity contribution in [2.75, 3.05) is 0 Å². The Balaban J connectivity index is 1.84. The molecule has 0 bridgehead atoms. The first-order chi connectivity index (χ1) is 10.9. The summed E-state index contributed by atoms with van der Waals surface area (Å²) >= 11 is 0. The first kappa shape index (κ1) is 14.0. The van der Waals surface area contributed by atoms with Crippen molar-refractivity contribution >= 4 is 24.1 Å². The molecule has 0 aliphatic carbocycles. The van der Waals surface area contributed by atoms with Crippen LogP contribution in [0.3, 0.4) is 0 Å². The van der Waals surface area contributed by atoms with E-state index in [9.17, 15) is 0 Å². The van der Waals surface area contributed by atoms with E-state index in [0.717, 1.165) is 22.5 Å². The molecule has 0 spiro atoms. The van der Waals surface area contributed by atoms with Crippen LogP contribution in [0, 0.1) is 0 Å². The Morgan fingerprint density at radius 2 is 1.50 bits per heavy atom. The third kappa shape index (κ3) is 3.76. The summed E-state index contributed by atoms with van der Waals surface area (Å²) in [5, 5.41) is 0. The average Bonchev–Trinajstić information content (AvgIpc) is 2.61. The third-order valence-electron chi connectivity index (χ3n) is 3.21. The van der Waals surface area contributed by atoms with E-state index in [0.29, 0.717) is 0 Å². The van der Waals surface area contributed by atoms with E-state index in [2.05, 4.69) is 16.0 Å². The van der Waals surface area contributed by atoms with Crippen LogP contribution in [0.5, 0.6) is 0 Å². The largest absolute Gasteiger partial charge is 0.257 e. The highest BCUT2D eigenvalue weighted by atomic mass is 14.7. The van der Waals surface area contributed by atoms with Gasteiger partial charge < -0.3 is 0 Å². The van der Waals surface area contributed by atoms with Crippen LogP contribution < -0.4 is 0 Å². The zero-order valence-corrected chi connectivity index (χ0v) is 12.1. The van der Waals surface area contributed by atoms with Gasteiger partial charge in [0.25, 0.3) is 0 Å². The molecule has 3 aromatic rings. The predicted molar refractivity (Wildman–Crippen MR) is 93.3 cm³/mol. The molecule has 0 aliphatic rings. The molecular weight excluding hydrogens is 268 g/mol. The maximum absolute atomic E-state index is 4.59. The minimum atomic E-state index is 0.935. The number of hydrogen-bond donors (Lipinski definition) is 0. The second kappa shape index (κ2) is 7.14. The van der Waals surface area contributed by atoms with Crippen molar-refractivity contribution in [1.82, 2.24) is 4.98 Å². The van der Waals surface area contributed by atoms with Gasteiger partial charge in [-0.3, -0.25) is 9.98 Å². The Labute approximate surface area is 130 Å². The number of aliphatic imine (C=N–C) groups is 1. The lowest BCUT2D eigenvalue weighted by Gasteiger charge is -2.00. The predicted octanol–water partition coefficient (Wildman–Crippen LogP) is 5.00. The maximum Gasteiger partial charge on any atom is 0.0702 e. The van der Waals surface area contributed by atoms with Gasteiger partial charge in [-0.1, -0.05) is 60.7 Å². The molecule has 3 rings (SSSR count). The lowest BCUT2D eigenvalue weighted by molar-refractivity contribution is 1.30. The highest BCUT2D eigenvalue weighted by Crippen LogP contribution is 2.21. The molecule has 0 aliphatic heterocycles. The molecule has 0 unspecified atom stereocenters. The van der Waals surface area contributed by atoms with E-state index < -0.39 is 0 Å². The van der Waals surface area contributed by atoms with Crippen LogP contribution in [-0.4, -0.2) is 11.2 Å². The van der Waals surface area contributed by atoms with Gasteiger partial charge >= 0.3 is 0 Å². The summed E-state index contributed by atoms with van der Waals surface area (Å²) in [6, 6.07) is 24.0. The topological polar surface area (TPSA) is 25.2 Å². The summed E-state index contributed by atoms with van der Waals surface area (Å²) in [6.45, 7) is 0. The monoisotopic (exact) mass is 284 g/mol. The quantitative estimate of drug-likeness (QED) is 0.619. The number of hydrogen-bond acceptors (Lipinski definition) is 2. The molecule has 2 heteroatoms. The zero-order chi connectivity index (χ0) is 15.0. The highest BCUT2D eigenvalue weighted by Gasteiger charge is 1.96. The van der Waals surface area contributed by atoms with Gasteiger partial charge in [0.2, 0.25) is 0 Å². The summed E-state index contributed by atoms with van der Waals surface area (Å²) in [6.07, 6.45) is 7.71. The number of pyridine rings is 1. The van der Waals surface area contributed by atoms with Crippen molar-refractivity contribution in [3.05, 3.63) is 95.8 Å². The summed E-state index contributed by atoms with van der Waals surface area (Å²) in [7, 11) is 0. The van der Waals surface area contributed by atoms with Crippen LogP contribution in [0.4, 0.5) is 5.69 Å². The standard InChI is InChI=1S/C20H16N2/c1-2-8-17(9-3-1)16-22-20-12-5-4-10-18(20)13-14-19-11-6-7-15-21-19/h1-16H. The van der Waals surface area contributed by atoms with Crippen molar-refractivity contribution < 1.29 is 0 Å². The second-order valence-corrected chi connectivity index (χ2v) is 4.82. The van der Waals surface area contributed by atoms with Crippen LogP contribution in [0.2, 0.25) is 0 Å². The minimum absolute atomic E-state index is 0.935. The Bertz CT molecular complexity index is 707. The van der Waals surface area contributed by atoms with Gasteiger partial charge in [-0.25, -0.2) is 0 Å². The fraction of sp³-hybridized carbons (Fsp3) is 0. The van der Waals surface area contributed by atoms with Crippen molar-refractivity contribution in [3.63, 3.8) is 0 Å². The van der Waals surface area contributed by atoms with Gasteiger partial charge in [0.15, 0.2) is 0 Å². The fourth-order valence-corrected chi connectivity index (χ4v) is 2.08. The van der Waals surface area contributed by atoms with Gasteiger partial charge in [0, 0.05) is 18.0 Å². The van der Waals surface area contributed by atoms with Gasteiger partial charge in [-0.15, -0.1) is 0 Å². The molecule has 0 atom stereocenters. The van der Waals surface area contributed by atoms with Gasteiger partial charge in [-0.05, 0) is 29.8 Å². The number of rotatable bonds is 4. The van der Waals surface area contributed by atoms with E-state index in [4.69, 9.17) is 0 Å². The van der Waals surface area contributed by atoms with Crippen LogP contribution >= 0.6 is 0 Å². The smallest absolute Gasteiger partial charge is 0.0702 e. The minimum Gasteiger partial charge on any atom is -0.257 e. The molecule has 1 aromatic heterocycles. The van der Waals surface area contributed by atoms with Crippen LogP contribution in [0.15, 0.2) is 84.0 Å². The molecule has 106 valence electrons. The highest BCUT2D eigenvalue weighted by molar-refractivity contribution is 5.84. The maximum atomic E-state index is 4.59. The molecule has 22 heavy (non-hydrogen) atoms. The summed E-state index contributed by atoms with van der Waals surface area (Å²) in [5.41, 5.74) is 4.04. The number of benzene rings is 2. The Morgan fingerprint density at radius 1 is 0.727 bits per heavy atom. The molecule has 0 saturated carbocycles.